The van der Waals surface area contributed by atoms with Crippen molar-refractivity contribution in [3.8, 4) is 11.5 Å². The van der Waals surface area contributed by atoms with Crippen molar-refractivity contribution in [2.45, 2.75) is 19.3 Å². The van der Waals surface area contributed by atoms with Crippen molar-refractivity contribution in [2.24, 2.45) is 0 Å². The summed E-state index contributed by atoms with van der Waals surface area (Å²) in [5, 5.41) is 22.0. The van der Waals surface area contributed by atoms with Gasteiger partial charge in [-0.05, 0) is 59.7 Å². The van der Waals surface area contributed by atoms with Gasteiger partial charge in [0.05, 0.1) is 31.0 Å². The van der Waals surface area contributed by atoms with Gasteiger partial charge in [0.25, 0.3) is 11.4 Å². The highest BCUT2D eigenvalue weighted by Gasteiger charge is 2.26. The molecule has 0 aliphatic rings. The Bertz CT molecular complexity index is 1550. The van der Waals surface area contributed by atoms with Gasteiger partial charge in [-0.3, -0.25) is 20.2 Å². The number of hydrogen-bond acceptors (Lipinski definition) is 8. The summed E-state index contributed by atoms with van der Waals surface area (Å²) in [5.41, 5.74) is 0.854. The zero-order valence-corrected chi connectivity index (χ0v) is 23.0. The summed E-state index contributed by atoms with van der Waals surface area (Å²) in [6.45, 7) is 3.85. The number of nitro groups is 2. The van der Waals surface area contributed by atoms with E-state index in [9.17, 15) is 29.8 Å². The smallest absolute Gasteiger partial charge is 0.343 e. The van der Waals surface area contributed by atoms with Crippen LogP contribution in [0.2, 0.25) is 10.0 Å². The summed E-state index contributed by atoms with van der Waals surface area (Å²) < 4.78 is 10.8. The van der Waals surface area contributed by atoms with E-state index in [-0.39, 0.29) is 44.0 Å². The maximum atomic E-state index is 12.5. The summed E-state index contributed by atoms with van der Waals surface area (Å²) in [5.74, 6) is -1.22. The average molecular weight is 595 g/mol. The lowest BCUT2D eigenvalue weighted by atomic mass is 9.78. The molecule has 0 radical (unpaired) electrons. The Morgan fingerprint density at radius 3 is 1.27 bits per heavy atom. The molecule has 0 saturated carbocycles. The monoisotopic (exact) mass is 594 g/mol. The van der Waals surface area contributed by atoms with E-state index in [2.05, 4.69) is 0 Å². The SMILES string of the molecule is CC(C)(c1ccc(OC(=O)c2ccc([N+](=O)[O-])cc2)c(Cl)c1)c1ccc(OC(=O)c2ccc([N+](=O)[O-])cc2)c(Cl)c1. The van der Waals surface area contributed by atoms with E-state index in [1.54, 1.807) is 36.4 Å². The third kappa shape index (κ3) is 6.51. The number of halogens is 2. The number of carbonyl (C=O) groups is 2. The van der Waals surface area contributed by atoms with Crippen LogP contribution in [0.25, 0.3) is 0 Å². The van der Waals surface area contributed by atoms with Crippen LogP contribution in [-0.4, -0.2) is 21.8 Å². The van der Waals surface area contributed by atoms with Crippen molar-refractivity contribution in [3.63, 3.8) is 0 Å². The van der Waals surface area contributed by atoms with Crippen molar-refractivity contribution >= 4 is 46.5 Å². The molecule has 208 valence electrons. The Hall–Kier alpha value is -4.80. The van der Waals surface area contributed by atoms with Crippen LogP contribution >= 0.6 is 23.2 Å². The van der Waals surface area contributed by atoms with Gasteiger partial charge < -0.3 is 9.47 Å². The maximum absolute atomic E-state index is 12.5. The van der Waals surface area contributed by atoms with Gasteiger partial charge in [-0.1, -0.05) is 49.2 Å². The normalized spacial score (nSPS) is 11.0. The molecule has 10 nitrogen and oxygen atoms in total. The number of esters is 2. The number of ether oxygens (including phenoxy) is 2. The number of non-ortho nitro benzene ring substituents is 2. The van der Waals surface area contributed by atoms with Gasteiger partial charge in [0, 0.05) is 29.7 Å². The van der Waals surface area contributed by atoms with Crippen molar-refractivity contribution < 1.29 is 28.9 Å². The van der Waals surface area contributed by atoms with Gasteiger partial charge in [0.15, 0.2) is 0 Å². The molecule has 0 spiro atoms. The topological polar surface area (TPSA) is 139 Å². The van der Waals surface area contributed by atoms with E-state index in [0.717, 1.165) is 11.1 Å². The minimum absolute atomic E-state index is 0.112. The fraction of sp³-hybridized carbons (Fsp3) is 0.103. The molecule has 0 unspecified atom stereocenters. The van der Waals surface area contributed by atoms with Gasteiger partial charge in [-0.15, -0.1) is 0 Å². The van der Waals surface area contributed by atoms with Crippen molar-refractivity contribution in [3.05, 3.63) is 137 Å². The first-order valence-corrected chi connectivity index (χ1v) is 12.7. The van der Waals surface area contributed by atoms with Crippen LogP contribution in [0, 0.1) is 20.2 Å². The quantitative estimate of drug-likeness (QED) is 0.0880. The molecular formula is C29H20Cl2N2O8. The summed E-state index contributed by atoms with van der Waals surface area (Å²) in [6, 6.07) is 19.9. The van der Waals surface area contributed by atoms with Crippen LogP contribution in [0.15, 0.2) is 84.9 Å². The molecule has 0 saturated heterocycles. The molecule has 0 fully saturated rings. The Labute approximate surface area is 243 Å². The Morgan fingerprint density at radius 2 is 0.976 bits per heavy atom. The molecule has 4 aromatic rings. The van der Waals surface area contributed by atoms with Crippen molar-refractivity contribution in [2.75, 3.05) is 0 Å². The van der Waals surface area contributed by atoms with Gasteiger partial charge in [-0.2, -0.15) is 0 Å². The van der Waals surface area contributed by atoms with Crippen LogP contribution in [0.3, 0.4) is 0 Å². The average Bonchev–Trinajstić information content (AvgIpc) is 2.95. The van der Waals surface area contributed by atoms with Crippen molar-refractivity contribution in [1.29, 1.82) is 0 Å². The predicted octanol–water partition coefficient (Wildman–Crippen LogP) is 7.57. The number of nitro benzene ring substituents is 2. The van der Waals surface area contributed by atoms with Crippen LogP contribution in [-0.2, 0) is 5.41 Å². The number of nitrogens with zero attached hydrogens (tertiary/aromatic N) is 2. The van der Waals surface area contributed by atoms with E-state index in [1.165, 1.54) is 48.5 Å². The third-order valence-corrected chi connectivity index (χ3v) is 6.93. The van der Waals surface area contributed by atoms with Crippen LogP contribution < -0.4 is 9.47 Å². The molecule has 0 bridgehead atoms. The lowest BCUT2D eigenvalue weighted by Crippen LogP contribution is -2.19. The summed E-state index contributed by atoms with van der Waals surface area (Å²) in [7, 11) is 0. The van der Waals surface area contributed by atoms with Gasteiger partial charge in [0.2, 0.25) is 0 Å². The van der Waals surface area contributed by atoms with Gasteiger partial charge >= 0.3 is 11.9 Å². The molecule has 12 heteroatoms. The summed E-state index contributed by atoms with van der Waals surface area (Å²) in [6.07, 6.45) is 0. The predicted molar refractivity (Wildman–Crippen MR) is 151 cm³/mol. The highest BCUT2D eigenvalue weighted by molar-refractivity contribution is 6.32. The van der Waals surface area contributed by atoms with Crippen LogP contribution in [0.4, 0.5) is 11.4 Å². The van der Waals surface area contributed by atoms with E-state index in [1.807, 2.05) is 13.8 Å². The van der Waals surface area contributed by atoms with Gasteiger partial charge in [-0.25, -0.2) is 9.59 Å². The molecular weight excluding hydrogens is 575 g/mol. The molecule has 0 amide bonds. The number of hydrogen-bond donors (Lipinski definition) is 0. The molecule has 0 heterocycles. The second-order valence-corrected chi connectivity index (χ2v) is 10.1. The first-order valence-electron chi connectivity index (χ1n) is 11.9. The summed E-state index contributed by atoms with van der Waals surface area (Å²) >= 11 is 12.9. The fourth-order valence-corrected chi connectivity index (χ4v) is 4.31. The molecule has 4 aromatic carbocycles. The van der Waals surface area contributed by atoms with Gasteiger partial charge in [0.1, 0.15) is 11.5 Å². The molecule has 4 rings (SSSR count). The first kappa shape index (κ1) is 29.2. The number of benzene rings is 4. The summed E-state index contributed by atoms with van der Waals surface area (Å²) in [4.78, 5) is 45.5. The highest BCUT2D eigenvalue weighted by Crippen LogP contribution is 2.39. The second-order valence-electron chi connectivity index (χ2n) is 9.30. The van der Waals surface area contributed by atoms with E-state index in [4.69, 9.17) is 32.7 Å². The third-order valence-electron chi connectivity index (χ3n) is 6.34. The molecule has 0 N–H and O–H groups in total. The standard InChI is InChI=1S/C29H20Cl2N2O8/c1-29(2,19-7-13-25(23(30)15-19)40-27(34)17-3-9-21(10-4-17)32(36)37)20-8-14-26(24(31)16-20)41-28(35)18-5-11-22(12-6-18)33(38)39/h3-16H,1-2H3. The lowest BCUT2D eigenvalue weighted by Gasteiger charge is -2.27. The fourth-order valence-electron chi connectivity index (χ4n) is 3.87. The zero-order valence-electron chi connectivity index (χ0n) is 21.5. The Morgan fingerprint density at radius 1 is 0.634 bits per heavy atom. The number of carbonyl (C=O) groups excluding carboxylic acids is 2. The molecule has 0 atom stereocenters. The first-order chi connectivity index (χ1) is 19.4. The molecule has 0 aliphatic heterocycles. The zero-order chi connectivity index (χ0) is 29.9. The van der Waals surface area contributed by atoms with E-state index in [0.29, 0.717) is 0 Å². The van der Waals surface area contributed by atoms with Crippen LogP contribution in [0.5, 0.6) is 11.5 Å². The largest absolute Gasteiger partial charge is 0.421 e. The Kier molecular flexibility index (Phi) is 8.36. The minimum Gasteiger partial charge on any atom is -0.421 e. The second kappa shape index (κ2) is 11.7. The Balaban J connectivity index is 1.48. The van der Waals surface area contributed by atoms with E-state index >= 15 is 0 Å². The van der Waals surface area contributed by atoms with Crippen LogP contribution in [0.1, 0.15) is 45.7 Å². The molecule has 41 heavy (non-hydrogen) atoms. The lowest BCUT2D eigenvalue weighted by molar-refractivity contribution is -0.385. The molecule has 0 aromatic heterocycles. The molecule has 0 aliphatic carbocycles. The highest BCUT2D eigenvalue weighted by atomic mass is 35.5. The van der Waals surface area contributed by atoms with Crippen molar-refractivity contribution in [1.82, 2.24) is 0 Å². The minimum atomic E-state index is -0.723. The van der Waals surface area contributed by atoms with E-state index < -0.39 is 27.2 Å². The number of rotatable bonds is 8. The maximum Gasteiger partial charge on any atom is 0.343 e.